The maximum absolute atomic E-state index is 6.30. The lowest BCUT2D eigenvalue weighted by atomic mass is 9.97. The highest BCUT2D eigenvalue weighted by atomic mass is 79.9. The molecule has 0 aliphatic rings. The third kappa shape index (κ3) is 3.14. The van der Waals surface area contributed by atoms with Crippen LogP contribution in [0, 0.1) is 0 Å². The Hall–Kier alpha value is -0.830. The average molecular weight is 325 g/mol. The third-order valence-corrected chi connectivity index (χ3v) is 3.64. The van der Waals surface area contributed by atoms with Gasteiger partial charge in [0.05, 0.1) is 6.04 Å². The van der Waals surface area contributed by atoms with E-state index in [-0.39, 0.29) is 6.04 Å². The van der Waals surface area contributed by atoms with Gasteiger partial charge in [0.2, 0.25) is 0 Å². The highest BCUT2D eigenvalue weighted by Gasteiger charge is 2.10. The molecule has 94 valence electrons. The van der Waals surface area contributed by atoms with Crippen molar-refractivity contribution in [2.24, 2.45) is 5.73 Å². The highest BCUT2D eigenvalue weighted by molar-refractivity contribution is 9.10. The molecule has 0 aliphatic heterocycles. The van der Waals surface area contributed by atoms with Crippen LogP contribution in [-0.4, -0.2) is 0 Å². The van der Waals surface area contributed by atoms with Crippen LogP contribution in [0.25, 0.3) is 0 Å². The first-order valence-corrected chi connectivity index (χ1v) is 7.07. The molecule has 1 unspecified atom stereocenters. The van der Waals surface area contributed by atoms with Crippen LogP contribution in [0.4, 0.5) is 0 Å². The number of aryl methyl sites for hydroxylation is 1. The molecule has 2 N–H and O–H groups in total. The van der Waals surface area contributed by atoms with Gasteiger partial charge in [0.1, 0.15) is 0 Å². The predicted molar refractivity (Wildman–Crippen MR) is 81.0 cm³/mol. The molecule has 18 heavy (non-hydrogen) atoms. The number of hydrogen-bond donors (Lipinski definition) is 1. The van der Waals surface area contributed by atoms with Gasteiger partial charge < -0.3 is 5.73 Å². The molecule has 2 aromatic carbocycles. The van der Waals surface area contributed by atoms with Gasteiger partial charge in [0.15, 0.2) is 0 Å². The molecule has 0 heterocycles. The molecule has 0 radical (unpaired) electrons. The SMILES string of the molecule is CCc1cccc(C(N)c2cc(Cl)cc(Br)c2)c1. The summed E-state index contributed by atoms with van der Waals surface area (Å²) in [6, 6.07) is 14.0. The third-order valence-electron chi connectivity index (χ3n) is 2.96. The average Bonchev–Trinajstić information content (AvgIpc) is 2.37. The first-order chi connectivity index (χ1) is 8.60. The van der Waals surface area contributed by atoms with Gasteiger partial charge in [-0.15, -0.1) is 0 Å². The van der Waals surface area contributed by atoms with Crippen molar-refractivity contribution in [3.05, 3.63) is 68.7 Å². The Morgan fingerprint density at radius 2 is 1.94 bits per heavy atom. The topological polar surface area (TPSA) is 26.0 Å². The van der Waals surface area contributed by atoms with E-state index in [0.29, 0.717) is 5.02 Å². The van der Waals surface area contributed by atoms with Gasteiger partial charge in [0, 0.05) is 9.50 Å². The summed E-state index contributed by atoms with van der Waals surface area (Å²) in [6.07, 6.45) is 1.01. The number of hydrogen-bond acceptors (Lipinski definition) is 1. The number of rotatable bonds is 3. The van der Waals surface area contributed by atoms with E-state index in [1.54, 1.807) is 0 Å². The molecule has 1 nitrogen and oxygen atoms in total. The van der Waals surface area contributed by atoms with Crippen LogP contribution in [0.3, 0.4) is 0 Å². The lowest BCUT2D eigenvalue weighted by Crippen LogP contribution is -2.12. The van der Waals surface area contributed by atoms with Gasteiger partial charge in [-0.25, -0.2) is 0 Å². The zero-order valence-electron chi connectivity index (χ0n) is 10.2. The zero-order chi connectivity index (χ0) is 13.1. The number of benzene rings is 2. The predicted octanol–water partition coefficient (Wildman–Crippen LogP) is 4.71. The molecule has 0 saturated heterocycles. The summed E-state index contributed by atoms with van der Waals surface area (Å²) in [5, 5.41) is 0.696. The van der Waals surface area contributed by atoms with E-state index >= 15 is 0 Å². The van der Waals surface area contributed by atoms with Crippen molar-refractivity contribution in [1.82, 2.24) is 0 Å². The normalized spacial score (nSPS) is 12.4. The van der Waals surface area contributed by atoms with Crippen LogP contribution in [0.15, 0.2) is 46.9 Å². The Labute approximate surface area is 121 Å². The molecule has 0 bridgehead atoms. The Kier molecular flexibility index (Phi) is 4.44. The van der Waals surface area contributed by atoms with Crippen molar-refractivity contribution < 1.29 is 0 Å². The van der Waals surface area contributed by atoms with Gasteiger partial charge in [-0.05, 0) is 41.3 Å². The minimum absolute atomic E-state index is 0.147. The van der Waals surface area contributed by atoms with E-state index in [2.05, 4.69) is 41.1 Å². The molecule has 2 aromatic rings. The van der Waals surface area contributed by atoms with E-state index in [9.17, 15) is 0 Å². The van der Waals surface area contributed by atoms with Gasteiger partial charge in [0.25, 0.3) is 0 Å². The molecule has 2 rings (SSSR count). The van der Waals surface area contributed by atoms with Gasteiger partial charge >= 0.3 is 0 Å². The molecular weight excluding hydrogens is 310 g/mol. The minimum atomic E-state index is -0.147. The fourth-order valence-electron chi connectivity index (χ4n) is 1.95. The second kappa shape index (κ2) is 5.87. The lowest BCUT2D eigenvalue weighted by Gasteiger charge is -2.14. The summed E-state index contributed by atoms with van der Waals surface area (Å²) in [6.45, 7) is 2.14. The van der Waals surface area contributed by atoms with Crippen molar-refractivity contribution >= 4 is 27.5 Å². The largest absolute Gasteiger partial charge is 0.320 e. The molecular formula is C15H15BrClN. The monoisotopic (exact) mass is 323 g/mol. The van der Waals surface area contributed by atoms with Crippen molar-refractivity contribution in [2.45, 2.75) is 19.4 Å². The maximum atomic E-state index is 6.30. The second-order valence-electron chi connectivity index (χ2n) is 4.28. The van der Waals surface area contributed by atoms with Crippen molar-refractivity contribution in [1.29, 1.82) is 0 Å². The first-order valence-electron chi connectivity index (χ1n) is 5.90. The zero-order valence-corrected chi connectivity index (χ0v) is 12.5. The summed E-state index contributed by atoms with van der Waals surface area (Å²) >= 11 is 9.50. The van der Waals surface area contributed by atoms with Crippen LogP contribution in [0.1, 0.15) is 29.7 Å². The molecule has 0 fully saturated rings. The summed E-state index contributed by atoms with van der Waals surface area (Å²) in [5.74, 6) is 0. The van der Waals surface area contributed by atoms with E-state index in [1.165, 1.54) is 5.56 Å². The first kappa shape index (κ1) is 13.6. The lowest BCUT2D eigenvalue weighted by molar-refractivity contribution is 0.866. The van der Waals surface area contributed by atoms with Gasteiger partial charge in [-0.3, -0.25) is 0 Å². The Bertz CT molecular complexity index is 534. The summed E-state index contributed by atoms with van der Waals surface area (Å²) in [7, 11) is 0. The van der Waals surface area contributed by atoms with Crippen LogP contribution in [-0.2, 0) is 6.42 Å². The molecule has 0 aliphatic carbocycles. The number of halogens is 2. The van der Waals surface area contributed by atoms with Gasteiger partial charge in [-0.1, -0.05) is 58.7 Å². The summed E-state index contributed by atoms with van der Waals surface area (Å²) in [5.41, 5.74) is 9.72. The molecule has 0 aromatic heterocycles. The molecule has 1 atom stereocenters. The van der Waals surface area contributed by atoms with Crippen molar-refractivity contribution in [2.75, 3.05) is 0 Å². The Morgan fingerprint density at radius 1 is 1.17 bits per heavy atom. The molecule has 0 amide bonds. The van der Waals surface area contributed by atoms with E-state index in [1.807, 2.05) is 24.3 Å². The van der Waals surface area contributed by atoms with E-state index in [4.69, 9.17) is 17.3 Å². The van der Waals surface area contributed by atoms with E-state index in [0.717, 1.165) is 22.0 Å². The van der Waals surface area contributed by atoms with Crippen LogP contribution < -0.4 is 5.73 Å². The quantitative estimate of drug-likeness (QED) is 0.869. The second-order valence-corrected chi connectivity index (χ2v) is 5.63. The standard InChI is InChI=1S/C15H15BrClN/c1-2-10-4-3-5-11(6-10)15(18)12-7-13(16)9-14(17)8-12/h3-9,15H,2,18H2,1H3. The van der Waals surface area contributed by atoms with Crippen molar-refractivity contribution in [3.8, 4) is 0 Å². The number of nitrogens with two attached hydrogens (primary N) is 1. The van der Waals surface area contributed by atoms with Crippen LogP contribution in [0.2, 0.25) is 5.02 Å². The highest BCUT2D eigenvalue weighted by Crippen LogP contribution is 2.26. The fourth-order valence-corrected chi connectivity index (χ4v) is 2.84. The molecule has 3 heteroatoms. The maximum Gasteiger partial charge on any atom is 0.0552 e. The van der Waals surface area contributed by atoms with Gasteiger partial charge in [-0.2, -0.15) is 0 Å². The molecule has 0 saturated carbocycles. The van der Waals surface area contributed by atoms with Crippen molar-refractivity contribution in [3.63, 3.8) is 0 Å². The Balaban J connectivity index is 2.37. The molecule has 0 spiro atoms. The summed E-state index contributed by atoms with van der Waals surface area (Å²) < 4.78 is 0.951. The summed E-state index contributed by atoms with van der Waals surface area (Å²) in [4.78, 5) is 0. The smallest absolute Gasteiger partial charge is 0.0552 e. The Morgan fingerprint density at radius 3 is 2.61 bits per heavy atom. The minimum Gasteiger partial charge on any atom is -0.320 e. The van der Waals surface area contributed by atoms with E-state index < -0.39 is 0 Å². The fraction of sp³-hybridized carbons (Fsp3) is 0.200. The van der Waals surface area contributed by atoms with Crippen LogP contribution in [0.5, 0.6) is 0 Å². The van der Waals surface area contributed by atoms with Crippen LogP contribution >= 0.6 is 27.5 Å².